The summed E-state index contributed by atoms with van der Waals surface area (Å²) in [6.45, 7) is 0. The second-order valence-electron chi connectivity index (χ2n) is 2.34. The SMILES string of the molecule is [H-].[Na+].c1ccc(-c2cccs2)cc1. The van der Waals surface area contributed by atoms with E-state index in [1.54, 1.807) is 11.3 Å². The fraction of sp³-hybridized carbons (Fsp3) is 0. The maximum Gasteiger partial charge on any atom is 1.00 e. The summed E-state index contributed by atoms with van der Waals surface area (Å²) in [5.41, 5.74) is 1.31. The van der Waals surface area contributed by atoms with Crippen LogP contribution in [0.5, 0.6) is 0 Å². The van der Waals surface area contributed by atoms with Crippen molar-refractivity contribution in [2.24, 2.45) is 0 Å². The number of hydrogen-bond donors (Lipinski definition) is 0. The van der Waals surface area contributed by atoms with Crippen molar-refractivity contribution in [3.8, 4) is 10.4 Å². The van der Waals surface area contributed by atoms with E-state index in [4.69, 9.17) is 0 Å². The Morgan fingerprint density at radius 2 is 1.67 bits per heavy atom. The van der Waals surface area contributed by atoms with Gasteiger partial charge in [0.1, 0.15) is 0 Å². The molecule has 1 heterocycles. The minimum absolute atomic E-state index is 0. The van der Waals surface area contributed by atoms with Gasteiger partial charge in [0, 0.05) is 4.88 Å². The van der Waals surface area contributed by atoms with Crippen LogP contribution in [0.15, 0.2) is 47.8 Å². The zero-order valence-electron chi connectivity index (χ0n) is 8.03. The second-order valence-corrected chi connectivity index (χ2v) is 3.29. The summed E-state index contributed by atoms with van der Waals surface area (Å²) in [6, 6.07) is 14.6. The van der Waals surface area contributed by atoms with E-state index in [9.17, 15) is 0 Å². The van der Waals surface area contributed by atoms with E-state index < -0.39 is 0 Å². The maximum atomic E-state index is 2.14. The van der Waals surface area contributed by atoms with Crippen molar-refractivity contribution in [3.63, 3.8) is 0 Å². The molecule has 0 radical (unpaired) electrons. The average Bonchev–Trinajstić information content (AvgIpc) is 2.58. The summed E-state index contributed by atoms with van der Waals surface area (Å²) in [4.78, 5) is 1.34. The van der Waals surface area contributed by atoms with Crippen LogP contribution in [0.2, 0.25) is 0 Å². The zero-order chi connectivity index (χ0) is 7.52. The van der Waals surface area contributed by atoms with Crippen LogP contribution in [0, 0.1) is 0 Å². The molecule has 1 aromatic heterocycles. The molecule has 0 nitrogen and oxygen atoms in total. The first-order valence-electron chi connectivity index (χ1n) is 3.56. The standard InChI is InChI=1S/C10H8S.Na.H/c1-2-5-9(6-3-1)10-7-4-8-11-10;;/h1-8H;;/q;+1;-1. The smallest absolute Gasteiger partial charge is 1.00 e. The Hall–Kier alpha value is -0.0800. The third-order valence-electron chi connectivity index (χ3n) is 1.58. The van der Waals surface area contributed by atoms with Crippen molar-refractivity contribution < 1.29 is 31.0 Å². The molecule has 0 spiro atoms. The molecule has 56 valence electrons. The Kier molecular flexibility index (Phi) is 4.02. The largest absolute Gasteiger partial charge is 1.00 e. The molecule has 0 saturated carbocycles. The van der Waals surface area contributed by atoms with Crippen molar-refractivity contribution in [1.29, 1.82) is 0 Å². The molecule has 0 atom stereocenters. The van der Waals surface area contributed by atoms with E-state index in [2.05, 4.69) is 41.8 Å². The number of thiophene rings is 1. The number of benzene rings is 1. The van der Waals surface area contributed by atoms with Crippen LogP contribution >= 0.6 is 11.3 Å². The maximum absolute atomic E-state index is 2.14. The first-order chi connectivity index (χ1) is 5.47. The molecule has 2 rings (SSSR count). The molecule has 0 bridgehead atoms. The molecular weight excluding hydrogens is 175 g/mol. The molecular formula is C10H9NaS. The third-order valence-corrected chi connectivity index (χ3v) is 2.50. The summed E-state index contributed by atoms with van der Waals surface area (Å²) in [5, 5.41) is 2.10. The van der Waals surface area contributed by atoms with Crippen LogP contribution in [0.3, 0.4) is 0 Å². The molecule has 12 heavy (non-hydrogen) atoms. The molecule has 0 aliphatic carbocycles. The van der Waals surface area contributed by atoms with Gasteiger partial charge in [0.25, 0.3) is 0 Å². The van der Waals surface area contributed by atoms with Crippen molar-refractivity contribution >= 4 is 11.3 Å². The predicted molar refractivity (Wildman–Crippen MR) is 50.9 cm³/mol. The molecule has 0 aliphatic rings. The molecule has 2 heteroatoms. The monoisotopic (exact) mass is 184 g/mol. The molecule has 0 aliphatic heterocycles. The van der Waals surface area contributed by atoms with Crippen molar-refractivity contribution in [1.82, 2.24) is 0 Å². The third kappa shape index (κ3) is 2.20. The van der Waals surface area contributed by atoms with Crippen molar-refractivity contribution in [2.45, 2.75) is 0 Å². The van der Waals surface area contributed by atoms with Gasteiger partial charge in [-0.15, -0.1) is 11.3 Å². The fourth-order valence-corrected chi connectivity index (χ4v) is 1.78. The van der Waals surface area contributed by atoms with Crippen LogP contribution in [-0.2, 0) is 0 Å². The van der Waals surface area contributed by atoms with E-state index >= 15 is 0 Å². The van der Waals surface area contributed by atoms with E-state index in [0.29, 0.717) is 0 Å². The Balaban J connectivity index is 0.000000720. The van der Waals surface area contributed by atoms with Crippen LogP contribution in [0.1, 0.15) is 1.43 Å². The molecule has 0 unspecified atom stereocenters. The van der Waals surface area contributed by atoms with Gasteiger partial charge in [-0.3, -0.25) is 0 Å². The van der Waals surface area contributed by atoms with E-state index in [1.807, 2.05) is 6.07 Å². The Morgan fingerprint density at radius 1 is 0.917 bits per heavy atom. The van der Waals surface area contributed by atoms with Gasteiger partial charge < -0.3 is 1.43 Å². The normalized spacial score (nSPS) is 9.00. The molecule has 0 amide bonds. The minimum atomic E-state index is 0. The minimum Gasteiger partial charge on any atom is -1.00 e. The Bertz CT molecular complexity index is 318. The number of rotatable bonds is 1. The van der Waals surface area contributed by atoms with Crippen LogP contribution in [0.25, 0.3) is 10.4 Å². The van der Waals surface area contributed by atoms with Crippen LogP contribution < -0.4 is 29.6 Å². The van der Waals surface area contributed by atoms with Gasteiger partial charge in [-0.25, -0.2) is 0 Å². The number of hydrogen-bond acceptors (Lipinski definition) is 1. The van der Waals surface area contributed by atoms with Gasteiger partial charge in [0.2, 0.25) is 0 Å². The molecule has 0 fully saturated rings. The van der Waals surface area contributed by atoms with E-state index in [-0.39, 0.29) is 31.0 Å². The van der Waals surface area contributed by atoms with Gasteiger partial charge >= 0.3 is 29.6 Å². The van der Waals surface area contributed by atoms with Crippen molar-refractivity contribution in [3.05, 3.63) is 47.8 Å². The summed E-state index contributed by atoms with van der Waals surface area (Å²) < 4.78 is 0. The topological polar surface area (TPSA) is 0 Å². The van der Waals surface area contributed by atoms with Gasteiger partial charge in [-0.2, -0.15) is 0 Å². The first kappa shape index (κ1) is 10.0. The van der Waals surface area contributed by atoms with Gasteiger partial charge in [0.15, 0.2) is 0 Å². The Labute approximate surface area is 100 Å². The van der Waals surface area contributed by atoms with E-state index in [1.165, 1.54) is 10.4 Å². The van der Waals surface area contributed by atoms with Gasteiger partial charge in [-0.1, -0.05) is 36.4 Å². The molecule has 0 saturated heterocycles. The fourth-order valence-electron chi connectivity index (χ4n) is 1.05. The summed E-state index contributed by atoms with van der Waals surface area (Å²) in [7, 11) is 0. The quantitative estimate of drug-likeness (QED) is 0.567. The summed E-state index contributed by atoms with van der Waals surface area (Å²) in [6.07, 6.45) is 0. The summed E-state index contributed by atoms with van der Waals surface area (Å²) >= 11 is 1.78. The van der Waals surface area contributed by atoms with Crippen LogP contribution in [-0.4, -0.2) is 0 Å². The van der Waals surface area contributed by atoms with Crippen LogP contribution in [0.4, 0.5) is 0 Å². The van der Waals surface area contributed by atoms with E-state index in [0.717, 1.165) is 0 Å². The van der Waals surface area contributed by atoms with Gasteiger partial charge in [-0.05, 0) is 17.0 Å². The predicted octanol–water partition coefficient (Wildman–Crippen LogP) is 0.532. The van der Waals surface area contributed by atoms with Crippen molar-refractivity contribution in [2.75, 3.05) is 0 Å². The summed E-state index contributed by atoms with van der Waals surface area (Å²) in [5.74, 6) is 0. The average molecular weight is 184 g/mol. The second kappa shape index (κ2) is 4.83. The molecule has 0 N–H and O–H groups in total. The Morgan fingerprint density at radius 3 is 2.25 bits per heavy atom. The molecule has 2 aromatic rings. The van der Waals surface area contributed by atoms with Gasteiger partial charge in [0.05, 0.1) is 0 Å². The zero-order valence-corrected chi connectivity index (χ0v) is 9.84. The first-order valence-corrected chi connectivity index (χ1v) is 4.44. The molecule has 1 aromatic carbocycles.